The fourth-order valence-electron chi connectivity index (χ4n) is 1.96. The smallest absolute Gasteiger partial charge is 0.303 e. The number of hydrogen-bond donors (Lipinski definition) is 1. The van der Waals surface area contributed by atoms with Crippen molar-refractivity contribution in [1.82, 2.24) is 4.90 Å². The zero-order valence-corrected chi connectivity index (χ0v) is 9.37. The van der Waals surface area contributed by atoms with Gasteiger partial charge in [-0.15, -0.1) is 11.3 Å². The molecule has 82 valence electrons. The Labute approximate surface area is 93.3 Å². The number of carboxylic acid groups (broad SMARTS) is 1. The fraction of sp³-hybridized carbons (Fsp3) is 0.545. The van der Waals surface area contributed by atoms with Gasteiger partial charge in [-0.2, -0.15) is 0 Å². The molecule has 0 saturated carbocycles. The molecule has 2 rings (SSSR count). The van der Waals surface area contributed by atoms with Crippen LogP contribution in [-0.4, -0.2) is 35.6 Å². The second-order valence-corrected chi connectivity index (χ2v) is 5.09. The van der Waals surface area contributed by atoms with Crippen LogP contribution in [0.4, 0.5) is 0 Å². The first-order chi connectivity index (χ1) is 7.24. The van der Waals surface area contributed by atoms with Gasteiger partial charge in [-0.1, -0.05) is 6.07 Å². The van der Waals surface area contributed by atoms with E-state index in [4.69, 9.17) is 5.11 Å². The first-order valence-electron chi connectivity index (χ1n) is 5.20. The van der Waals surface area contributed by atoms with Crippen LogP contribution in [0.25, 0.3) is 0 Å². The number of hydrogen-bond acceptors (Lipinski definition) is 3. The van der Waals surface area contributed by atoms with Crippen molar-refractivity contribution >= 4 is 17.3 Å². The molecular formula is C11H15NO2S. The van der Waals surface area contributed by atoms with Gasteiger partial charge in [0.1, 0.15) is 0 Å². The summed E-state index contributed by atoms with van der Waals surface area (Å²) in [4.78, 5) is 14.2. The van der Waals surface area contributed by atoms with Crippen molar-refractivity contribution in [2.45, 2.75) is 12.8 Å². The van der Waals surface area contributed by atoms with Gasteiger partial charge >= 0.3 is 5.97 Å². The lowest BCUT2D eigenvalue weighted by molar-refractivity contribution is -0.139. The summed E-state index contributed by atoms with van der Waals surface area (Å²) in [6, 6.07) is 4.22. The van der Waals surface area contributed by atoms with Gasteiger partial charge < -0.3 is 10.0 Å². The zero-order chi connectivity index (χ0) is 10.7. The molecule has 1 aliphatic heterocycles. The molecule has 1 N–H and O–H groups in total. The number of likely N-dealkylation sites (tertiary alicyclic amines) is 1. The second kappa shape index (κ2) is 4.77. The average molecular weight is 225 g/mol. The molecule has 15 heavy (non-hydrogen) atoms. The zero-order valence-electron chi connectivity index (χ0n) is 8.56. The highest BCUT2D eigenvalue weighted by molar-refractivity contribution is 7.09. The second-order valence-electron chi connectivity index (χ2n) is 4.05. The summed E-state index contributed by atoms with van der Waals surface area (Å²) < 4.78 is 0. The van der Waals surface area contributed by atoms with E-state index < -0.39 is 5.97 Å². The van der Waals surface area contributed by atoms with Gasteiger partial charge in [0, 0.05) is 24.5 Å². The first-order valence-corrected chi connectivity index (χ1v) is 6.08. The van der Waals surface area contributed by atoms with Crippen molar-refractivity contribution in [2.24, 2.45) is 5.92 Å². The van der Waals surface area contributed by atoms with E-state index in [-0.39, 0.29) is 0 Å². The van der Waals surface area contributed by atoms with E-state index in [0.29, 0.717) is 12.3 Å². The Hall–Kier alpha value is -0.870. The van der Waals surface area contributed by atoms with Gasteiger partial charge in [0.25, 0.3) is 0 Å². The highest BCUT2D eigenvalue weighted by Gasteiger charge is 2.27. The summed E-state index contributed by atoms with van der Waals surface area (Å²) in [6.07, 6.45) is 1.42. The lowest BCUT2D eigenvalue weighted by atomic mass is 9.96. The van der Waals surface area contributed by atoms with Gasteiger partial charge in [-0.05, 0) is 23.8 Å². The van der Waals surface area contributed by atoms with Gasteiger partial charge in [0.2, 0.25) is 0 Å². The summed E-state index contributed by atoms with van der Waals surface area (Å²) in [6.45, 7) is 2.98. The van der Waals surface area contributed by atoms with Crippen LogP contribution in [0.2, 0.25) is 0 Å². The summed E-state index contributed by atoms with van der Waals surface area (Å²) in [5, 5.41) is 10.7. The van der Waals surface area contributed by atoms with Gasteiger partial charge in [-0.3, -0.25) is 4.79 Å². The van der Waals surface area contributed by atoms with Crippen molar-refractivity contribution in [1.29, 1.82) is 0 Å². The van der Waals surface area contributed by atoms with Crippen molar-refractivity contribution in [3.8, 4) is 0 Å². The Kier molecular flexibility index (Phi) is 3.38. The molecule has 0 radical (unpaired) electrons. The van der Waals surface area contributed by atoms with Gasteiger partial charge in [0.05, 0.1) is 6.42 Å². The van der Waals surface area contributed by atoms with E-state index in [1.54, 1.807) is 11.3 Å². The van der Waals surface area contributed by atoms with Gasteiger partial charge in [0.15, 0.2) is 0 Å². The lowest BCUT2D eigenvalue weighted by Crippen LogP contribution is -2.48. The molecule has 2 heterocycles. The molecule has 1 aromatic rings. The minimum Gasteiger partial charge on any atom is -0.481 e. The van der Waals surface area contributed by atoms with E-state index in [9.17, 15) is 4.79 Å². The van der Waals surface area contributed by atoms with Gasteiger partial charge in [-0.25, -0.2) is 0 Å². The Morgan fingerprint density at radius 2 is 2.40 bits per heavy atom. The van der Waals surface area contributed by atoms with E-state index in [1.807, 2.05) is 0 Å². The predicted octanol–water partition coefficient (Wildman–Crippen LogP) is 1.70. The molecule has 4 heteroatoms. The van der Waals surface area contributed by atoms with E-state index in [0.717, 1.165) is 26.1 Å². The van der Waals surface area contributed by atoms with Crippen LogP contribution in [0.1, 0.15) is 11.3 Å². The van der Waals surface area contributed by atoms with Crippen LogP contribution in [0.3, 0.4) is 0 Å². The Bertz CT molecular complexity index is 317. The third-order valence-electron chi connectivity index (χ3n) is 2.75. The topological polar surface area (TPSA) is 40.5 Å². The third kappa shape index (κ3) is 3.04. The highest BCUT2D eigenvalue weighted by atomic mass is 32.1. The minimum atomic E-state index is -0.669. The van der Waals surface area contributed by atoms with Crippen molar-refractivity contribution in [2.75, 3.05) is 19.6 Å². The quantitative estimate of drug-likeness (QED) is 0.829. The Morgan fingerprint density at radius 1 is 1.60 bits per heavy atom. The minimum absolute atomic E-state index is 0.329. The summed E-state index contributed by atoms with van der Waals surface area (Å²) in [5.41, 5.74) is 0. The van der Waals surface area contributed by atoms with Crippen LogP contribution >= 0.6 is 11.3 Å². The molecule has 0 amide bonds. The number of nitrogens with zero attached hydrogens (tertiary/aromatic N) is 1. The largest absolute Gasteiger partial charge is 0.481 e. The number of carbonyl (C=O) groups is 1. The van der Waals surface area contributed by atoms with Crippen molar-refractivity contribution in [3.05, 3.63) is 22.4 Å². The molecular weight excluding hydrogens is 210 g/mol. The first kappa shape index (κ1) is 10.6. The van der Waals surface area contributed by atoms with E-state index >= 15 is 0 Å². The highest BCUT2D eigenvalue weighted by Crippen LogP contribution is 2.20. The molecule has 0 spiro atoms. The standard InChI is InChI=1S/C11H15NO2S/c13-11(14)6-9-7-12(8-9)4-3-10-2-1-5-15-10/h1-2,5,9H,3-4,6-8H2,(H,13,14). The van der Waals surface area contributed by atoms with Crippen LogP contribution in [-0.2, 0) is 11.2 Å². The van der Waals surface area contributed by atoms with E-state index in [2.05, 4.69) is 22.4 Å². The molecule has 0 aliphatic carbocycles. The van der Waals surface area contributed by atoms with Crippen LogP contribution in [0, 0.1) is 5.92 Å². The summed E-state index contributed by atoms with van der Waals surface area (Å²) in [5.74, 6) is -0.288. The maximum absolute atomic E-state index is 10.4. The molecule has 0 bridgehead atoms. The third-order valence-corrected chi connectivity index (χ3v) is 3.69. The molecule has 0 unspecified atom stereocenters. The van der Waals surface area contributed by atoms with Crippen LogP contribution in [0.5, 0.6) is 0 Å². The van der Waals surface area contributed by atoms with Crippen LogP contribution < -0.4 is 0 Å². The monoisotopic (exact) mass is 225 g/mol. The molecule has 3 nitrogen and oxygen atoms in total. The fourth-order valence-corrected chi connectivity index (χ4v) is 2.66. The normalized spacial score (nSPS) is 17.6. The number of rotatable bonds is 5. The summed E-state index contributed by atoms with van der Waals surface area (Å²) in [7, 11) is 0. The SMILES string of the molecule is O=C(O)CC1CN(CCc2cccs2)C1. The molecule has 0 aromatic carbocycles. The molecule has 0 atom stereocenters. The molecule has 1 aromatic heterocycles. The summed E-state index contributed by atoms with van der Waals surface area (Å²) >= 11 is 1.79. The number of carboxylic acids is 1. The molecule has 1 saturated heterocycles. The molecule has 1 fully saturated rings. The molecule has 1 aliphatic rings. The van der Waals surface area contributed by atoms with E-state index in [1.165, 1.54) is 4.88 Å². The van der Waals surface area contributed by atoms with Crippen LogP contribution in [0.15, 0.2) is 17.5 Å². The number of thiophene rings is 1. The maximum Gasteiger partial charge on any atom is 0.303 e. The Morgan fingerprint density at radius 3 is 3.00 bits per heavy atom. The Balaban J connectivity index is 1.62. The van der Waals surface area contributed by atoms with Crippen molar-refractivity contribution < 1.29 is 9.90 Å². The average Bonchev–Trinajstić information content (AvgIpc) is 2.60. The maximum atomic E-state index is 10.4. The number of aliphatic carboxylic acids is 1. The predicted molar refractivity (Wildman–Crippen MR) is 60.2 cm³/mol. The lowest BCUT2D eigenvalue weighted by Gasteiger charge is -2.38. The van der Waals surface area contributed by atoms with Crippen molar-refractivity contribution in [3.63, 3.8) is 0 Å².